The monoisotopic (exact) mass is 335 g/mol. The van der Waals surface area contributed by atoms with E-state index in [1.807, 2.05) is 42.5 Å². The molecule has 4 aromatic rings. The summed E-state index contributed by atoms with van der Waals surface area (Å²) in [7, 11) is 0. The zero-order valence-electron chi connectivity index (χ0n) is 12.8. The van der Waals surface area contributed by atoms with Crippen LogP contribution >= 0.6 is 11.3 Å². The number of carbonyl (C=O) groups is 2. The van der Waals surface area contributed by atoms with Crippen molar-refractivity contribution in [2.24, 2.45) is 5.73 Å². The number of aryl methyl sites for hydroxylation is 1. The predicted molar refractivity (Wildman–Crippen MR) is 94.7 cm³/mol. The van der Waals surface area contributed by atoms with Gasteiger partial charge < -0.3 is 5.73 Å². The maximum atomic E-state index is 11.7. The number of imidazole rings is 1. The van der Waals surface area contributed by atoms with Crippen molar-refractivity contribution in [3.05, 3.63) is 58.7 Å². The van der Waals surface area contributed by atoms with Crippen LogP contribution in [0.4, 0.5) is 0 Å². The zero-order chi connectivity index (χ0) is 16.8. The molecule has 2 aromatic carbocycles. The molecule has 2 heterocycles. The maximum Gasteiger partial charge on any atom is 0.260 e. The third kappa shape index (κ3) is 2.04. The van der Waals surface area contributed by atoms with Crippen LogP contribution in [0, 0.1) is 6.92 Å². The molecular weight excluding hydrogens is 322 g/mol. The maximum absolute atomic E-state index is 11.7. The van der Waals surface area contributed by atoms with Crippen LogP contribution in [-0.2, 0) is 0 Å². The molecule has 0 saturated heterocycles. The SMILES string of the molecule is Cc1c(C(N)=O)sc2nc(-c3ccc4ccccc4c3)c(C=O)n12. The van der Waals surface area contributed by atoms with Gasteiger partial charge in [0.25, 0.3) is 5.91 Å². The van der Waals surface area contributed by atoms with Crippen molar-refractivity contribution in [2.75, 3.05) is 0 Å². The van der Waals surface area contributed by atoms with Crippen molar-refractivity contribution >= 4 is 39.3 Å². The van der Waals surface area contributed by atoms with Crippen LogP contribution in [0.3, 0.4) is 0 Å². The first kappa shape index (κ1) is 14.6. The molecule has 0 spiro atoms. The summed E-state index contributed by atoms with van der Waals surface area (Å²) in [4.78, 5) is 28.8. The first-order chi connectivity index (χ1) is 11.6. The van der Waals surface area contributed by atoms with Gasteiger partial charge in [-0.15, -0.1) is 0 Å². The van der Waals surface area contributed by atoms with Gasteiger partial charge in [0, 0.05) is 11.3 Å². The fourth-order valence-corrected chi connectivity index (χ4v) is 3.94. The number of benzene rings is 2. The molecule has 2 aromatic heterocycles. The van der Waals surface area contributed by atoms with Crippen molar-refractivity contribution in [1.82, 2.24) is 9.38 Å². The van der Waals surface area contributed by atoms with Crippen LogP contribution in [0.15, 0.2) is 42.5 Å². The van der Waals surface area contributed by atoms with Gasteiger partial charge in [0.1, 0.15) is 16.3 Å². The molecule has 4 rings (SSSR count). The molecule has 24 heavy (non-hydrogen) atoms. The largest absolute Gasteiger partial charge is 0.365 e. The van der Waals surface area contributed by atoms with Gasteiger partial charge in [0.2, 0.25) is 0 Å². The molecule has 6 heteroatoms. The number of nitrogens with zero attached hydrogens (tertiary/aromatic N) is 2. The number of amides is 1. The van der Waals surface area contributed by atoms with Crippen LogP contribution in [0.2, 0.25) is 0 Å². The van der Waals surface area contributed by atoms with E-state index in [9.17, 15) is 9.59 Å². The highest BCUT2D eigenvalue weighted by Gasteiger charge is 2.21. The molecule has 0 atom stereocenters. The summed E-state index contributed by atoms with van der Waals surface area (Å²) in [5.41, 5.74) is 7.94. The number of primary amides is 1. The Balaban J connectivity index is 1.98. The first-order valence-electron chi connectivity index (χ1n) is 7.36. The number of aromatic nitrogens is 2. The quantitative estimate of drug-likeness (QED) is 0.583. The number of nitrogens with two attached hydrogens (primary N) is 1. The van der Waals surface area contributed by atoms with E-state index in [0.29, 0.717) is 26.9 Å². The Morgan fingerprint density at radius 1 is 1.21 bits per heavy atom. The topological polar surface area (TPSA) is 77.5 Å². The summed E-state index contributed by atoms with van der Waals surface area (Å²) in [6.45, 7) is 1.77. The average molecular weight is 335 g/mol. The Morgan fingerprint density at radius 2 is 1.96 bits per heavy atom. The van der Waals surface area contributed by atoms with Crippen LogP contribution in [0.1, 0.15) is 25.9 Å². The van der Waals surface area contributed by atoms with Gasteiger partial charge in [0.15, 0.2) is 11.2 Å². The van der Waals surface area contributed by atoms with Gasteiger partial charge in [-0.25, -0.2) is 4.98 Å². The van der Waals surface area contributed by atoms with Gasteiger partial charge in [-0.1, -0.05) is 47.7 Å². The first-order valence-corrected chi connectivity index (χ1v) is 8.18. The molecule has 0 aliphatic carbocycles. The lowest BCUT2D eigenvalue weighted by molar-refractivity contribution is 0.100. The molecule has 0 radical (unpaired) electrons. The third-order valence-electron chi connectivity index (χ3n) is 4.10. The smallest absolute Gasteiger partial charge is 0.260 e. The normalized spacial score (nSPS) is 11.2. The highest BCUT2D eigenvalue weighted by molar-refractivity contribution is 7.19. The van der Waals surface area contributed by atoms with Crippen molar-refractivity contribution in [1.29, 1.82) is 0 Å². The van der Waals surface area contributed by atoms with Crippen LogP contribution in [0.5, 0.6) is 0 Å². The number of carbonyl (C=O) groups excluding carboxylic acids is 2. The van der Waals surface area contributed by atoms with Gasteiger partial charge in [-0.05, 0) is 23.8 Å². The number of thiazole rings is 1. The second-order valence-electron chi connectivity index (χ2n) is 5.52. The van der Waals surface area contributed by atoms with Crippen molar-refractivity contribution in [3.8, 4) is 11.3 Å². The second kappa shape index (κ2) is 5.28. The lowest BCUT2D eigenvalue weighted by atomic mass is 10.0. The van der Waals surface area contributed by atoms with Crippen LogP contribution in [-0.4, -0.2) is 21.6 Å². The van der Waals surface area contributed by atoms with E-state index in [1.54, 1.807) is 11.3 Å². The fourth-order valence-electron chi connectivity index (χ4n) is 2.96. The Morgan fingerprint density at radius 3 is 2.67 bits per heavy atom. The van der Waals surface area contributed by atoms with E-state index < -0.39 is 5.91 Å². The van der Waals surface area contributed by atoms with Gasteiger partial charge in [-0.2, -0.15) is 0 Å². The lowest BCUT2D eigenvalue weighted by Gasteiger charge is -2.03. The van der Waals surface area contributed by atoms with Gasteiger partial charge in [-0.3, -0.25) is 14.0 Å². The standard InChI is InChI=1S/C18H13N3O2S/c1-10-16(17(19)23)24-18-20-15(14(9-22)21(10)18)13-7-6-11-4-2-3-5-12(11)8-13/h2-9H,1H3,(H2,19,23). The number of fused-ring (bicyclic) bond motifs is 2. The predicted octanol–water partition coefficient (Wildman–Crippen LogP) is 3.44. The lowest BCUT2D eigenvalue weighted by Crippen LogP contribution is -2.11. The molecule has 0 saturated carbocycles. The van der Waals surface area contributed by atoms with Crippen molar-refractivity contribution < 1.29 is 9.59 Å². The molecule has 0 aliphatic rings. The summed E-state index contributed by atoms with van der Waals surface area (Å²) in [5, 5.41) is 2.21. The summed E-state index contributed by atoms with van der Waals surface area (Å²) in [5.74, 6) is -0.507. The Kier molecular flexibility index (Phi) is 3.21. The summed E-state index contributed by atoms with van der Waals surface area (Å²) in [6.07, 6.45) is 0.773. The van der Waals surface area contributed by atoms with Gasteiger partial charge in [0.05, 0.1) is 0 Å². The zero-order valence-corrected chi connectivity index (χ0v) is 13.6. The number of aldehydes is 1. The molecule has 1 amide bonds. The second-order valence-corrected chi connectivity index (χ2v) is 6.50. The highest BCUT2D eigenvalue weighted by atomic mass is 32.1. The third-order valence-corrected chi connectivity index (χ3v) is 5.26. The highest BCUT2D eigenvalue weighted by Crippen LogP contribution is 2.31. The molecule has 0 unspecified atom stereocenters. The molecular formula is C18H13N3O2S. The Labute approximate surface area is 141 Å². The van der Waals surface area contributed by atoms with Crippen molar-refractivity contribution in [3.63, 3.8) is 0 Å². The van der Waals surface area contributed by atoms with E-state index in [1.165, 1.54) is 11.3 Å². The van der Waals surface area contributed by atoms with E-state index in [4.69, 9.17) is 5.73 Å². The van der Waals surface area contributed by atoms with Gasteiger partial charge >= 0.3 is 0 Å². The molecule has 118 valence electrons. The van der Waals surface area contributed by atoms with E-state index >= 15 is 0 Å². The van der Waals surface area contributed by atoms with Crippen LogP contribution < -0.4 is 5.73 Å². The Hall–Kier alpha value is -2.99. The number of hydrogen-bond acceptors (Lipinski definition) is 4. The molecule has 2 N–H and O–H groups in total. The van der Waals surface area contributed by atoms with Crippen LogP contribution in [0.25, 0.3) is 27.0 Å². The van der Waals surface area contributed by atoms with Crippen molar-refractivity contribution in [2.45, 2.75) is 6.92 Å². The summed E-state index contributed by atoms with van der Waals surface area (Å²) < 4.78 is 1.70. The molecule has 0 bridgehead atoms. The number of rotatable bonds is 3. The minimum atomic E-state index is -0.507. The summed E-state index contributed by atoms with van der Waals surface area (Å²) in [6, 6.07) is 14.0. The molecule has 0 fully saturated rings. The van der Waals surface area contributed by atoms with E-state index in [0.717, 1.165) is 22.6 Å². The number of hydrogen-bond donors (Lipinski definition) is 1. The minimum Gasteiger partial charge on any atom is -0.365 e. The molecule has 5 nitrogen and oxygen atoms in total. The minimum absolute atomic E-state index is 0.422. The van der Waals surface area contributed by atoms with E-state index in [-0.39, 0.29) is 0 Å². The Bertz CT molecular complexity index is 1120. The summed E-state index contributed by atoms with van der Waals surface area (Å²) >= 11 is 1.20. The average Bonchev–Trinajstić information content (AvgIpc) is 3.11. The fraction of sp³-hybridized carbons (Fsp3) is 0.0556. The van der Waals surface area contributed by atoms with E-state index in [2.05, 4.69) is 4.98 Å². The molecule has 0 aliphatic heterocycles.